The molecule has 1 amide bonds. The smallest absolute Gasteiger partial charge is 0.286 e. The summed E-state index contributed by atoms with van der Waals surface area (Å²) >= 11 is 1.05. The molecular formula is C12H12F2N4OS. The second kappa shape index (κ2) is 6.38. The van der Waals surface area contributed by atoms with Gasteiger partial charge in [0.1, 0.15) is 11.6 Å². The van der Waals surface area contributed by atoms with Gasteiger partial charge in [0.25, 0.3) is 5.91 Å². The molecule has 5 nitrogen and oxygen atoms in total. The highest BCUT2D eigenvalue weighted by Crippen LogP contribution is 2.19. The molecule has 0 bridgehead atoms. The number of carbonyl (C=O) groups excluding carboxylic acids is 1. The van der Waals surface area contributed by atoms with Crippen molar-refractivity contribution in [1.82, 2.24) is 10.2 Å². The van der Waals surface area contributed by atoms with Gasteiger partial charge in [-0.2, -0.15) is 0 Å². The summed E-state index contributed by atoms with van der Waals surface area (Å²) in [5, 5.41) is 13.3. The predicted molar refractivity (Wildman–Crippen MR) is 73.0 cm³/mol. The largest absolute Gasteiger partial charge is 0.360 e. The van der Waals surface area contributed by atoms with Crippen LogP contribution in [0, 0.1) is 11.6 Å². The average Bonchev–Trinajstić information content (AvgIpc) is 2.89. The van der Waals surface area contributed by atoms with E-state index in [9.17, 15) is 13.6 Å². The highest BCUT2D eigenvalue weighted by molar-refractivity contribution is 7.17. The van der Waals surface area contributed by atoms with Crippen molar-refractivity contribution >= 4 is 28.1 Å². The number of rotatable bonds is 5. The van der Waals surface area contributed by atoms with Crippen LogP contribution in [-0.4, -0.2) is 22.6 Å². The molecule has 2 aromatic rings. The van der Waals surface area contributed by atoms with Crippen molar-refractivity contribution < 1.29 is 13.6 Å². The highest BCUT2D eigenvalue weighted by Gasteiger charge is 2.15. The highest BCUT2D eigenvalue weighted by atomic mass is 32.1. The number of nitrogens with one attached hydrogen (secondary N) is 2. The van der Waals surface area contributed by atoms with Crippen molar-refractivity contribution in [3.05, 3.63) is 34.8 Å². The fourth-order valence-corrected chi connectivity index (χ4v) is 2.05. The van der Waals surface area contributed by atoms with Gasteiger partial charge in [0.2, 0.25) is 10.1 Å². The van der Waals surface area contributed by atoms with Crippen LogP contribution in [0.3, 0.4) is 0 Å². The van der Waals surface area contributed by atoms with Gasteiger partial charge in [-0.25, -0.2) is 8.78 Å². The second-order valence-corrected chi connectivity index (χ2v) is 4.89. The van der Waals surface area contributed by atoms with Crippen molar-refractivity contribution in [2.24, 2.45) is 0 Å². The Bertz CT molecular complexity index is 617. The maximum atomic E-state index is 13.4. The summed E-state index contributed by atoms with van der Waals surface area (Å²) in [5.74, 6) is -1.98. The Morgan fingerprint density at radius 3 is 2.90 bits per heavy atom. The molecule has 2 N–H and O–H groups in total. The molecule has 0 saturated heterocycles. The number of carbonyl (C=O) groups is 1. The molecule has 1 aromatic heterocycles. The molecule has 0 aliphatic rings. The number of aromatic nitrogens is 2. The fourth-order valence-electron chi connectivity index (χ4n) is 1.39. The van der Waals surface area contributed by atoms with Crippen LogP contribution in [0.15, 0.2) is 18.2 Å². The van der Waals surface area contributed by atoms with E-state index in [0.29, 0.717) is 5.13 Å². The molecule has 0 spiro atoms. The Hall–Kier alpha value is -2.09. The van der Waals surface area contributed by atoms with Gasteiger partial charge in [-0.05, 0) is 18.6 Å². The minimum atomic E-state index is -0.714. The van der Waals surface area contributed by atoms with Crippen molar-refractivity contribution in [3.8, 4) is 0 Å². The molecule has 0 unspecified atom stereocenters. The molecule has 0 aliphatic heterocycles. The molecular weight excluding hydrogens is 286 g/mol. The van der Waals surface area contributed by atoms with Crippen LogP contribution in [0.2, 0.25) is 0 Å². The first-order chi connectivity index (χ1) is 9.60. The Balaban J connectivity index is 2.08. The summed E-state index contributed by atoms with van der Waals surface area (Å²) in [6, 6.07) is 2.83. The lowest BCUT2D eigenvalue weighted by Crippen LogP contribution is -2.13. The molecule has 0 fully saturated rings. The maximum absolute atomic E-state index is 13.4. The zero-order chi connectivity index (χ0) is 14.5. The van der Waals surface area contributed by atoms with Crippen molar-refractivity contribution in [2.45, 2.75) is 13.3 Å². The van der Waals surface area contributed by atoms with Gasteiger partial charge < -0.3 is 10.6 Å². The summed E-state index contributed by atoms with van der Waals surface area (Å²) in [4.78, 5) is 11.8. The van der Waals surface area contributed by atoms with Crippen LogP contribution in [-0.2, 0) is 0 Å². The number of halogens is 2. The Kier molecular flexibility index (Phi) is 4.57. The Morgan fingerprint density at radius 1 is 1.35 bits per heavy atom. The van der Waals surface area contributed by atoms with Gasteiger partial charge in [0.15, 0.2) is 0 Å². The maximum Gasteiger partial charge on any atom is 0.286 e. The van der Waals surface area contributed by atoms with E-state index < -0.39 is 17.5 Å². The predicted octanol–water partition coefficient (Wildman–Crippen LogP) is 2.89. The van der Waals surface area contributed by atoms with Gasteiger partial charge in [-0.15, -0.1) is 10.2 Å². The quantitative estimate of drug-likeness (QED) is 0.890. The van der Waals surface area contributed by atoms with Crippen LogP contribution in [0.1, 0.15) is 23.1 Å². The van der Waals surface area contributed by atoms with Crippen LogP contribution in [0.4, 0.5) is 19.6 Å². The monoisotopic (exact) mass is 298 g/mol. The summed E-state index contributed by atoms with van der Waals surface area (Å²) < 4.78 is 26.4. The lowest BCUT2D eigenvalue weighted by molar-refractivity contribution is 0.102. The third-order valence-corrected chi connectivity index (χ3v) is 3.20. The summed E-state index contributed by atoms with van der Waals surface area (Å²) in [6.45, 7) is 2.71. The molecule has 2 rings (SSSR count). The molecule has 0 aliphatic carbocycles. The van der Waals surface area contributed by atoms with Crippen LogP contribution < -0.4 is 10.6 Å². The first kappa shape index (κ1) is 14.3. The number of benzene rings is 1. The van der Waals surface area contributed by atoms with E-state index in [2.05, 4.69) is 20.8 Å². The van der Waals surface area contributed by atoms with E-state index in [1.807, 2.05) is 6.92 Å². The minimum Gasteiger partial charge on any atom is -0.360 e. The minimum absolute atomic E-state index is 0.0762. The lowest BCUT2D eigenvalue weighted by Gasteiger charge is -2.03. The topological polar surface area (TPSA) is 66.9 Å². The normalized spacial score (nSPS) is 10.3. The van der Waals surface area contributed by atoms with E-state index >= 15 is 0 Å². The van der Waals surface area contributed by atoms with Crippen LogP contribution >= 0.6 is 11.3 Å². The Labute approximate surface area is 118 Å². The standard InChI is InChI=1S/C12H12F2N4OS/c1-2-5-15-12-18-17-11(20-12)10(19)16-9-6-7(13)3-4-8(9)14/h3-4,6H,2,5H2,1H3,(H,15,18)(H,16,19). The van der Waals surface area contributed by atoms with Gasteiger partial charge in [-0.1, -0.05) is 18.3 Å². The SMILES string of the molecule is CCCNc1nnc(C(=O)Nc2cc(F)ccc2F)s1. The third kappa shape index (κ3) is 3.47. The Morgan fingerprint density at radius 2 is 2.15 bits per heavy atom. The van der Waals surface area contributed by atoms with E-state index in [0.717, 1.165) is 42.5 Å². The molecule has 0 atom stereocenters. The fraction of sp³-hybridized carbons (Fsp3) is 0.250. The third-order valence-electron chi connectivity index (χ3n) is 2.32. The van der Waals surface area contributed by atoms with E-state index in [1.165, 1.54) is 0 Å². The number of anilines is 2. The van der Waals surface area contributed by atoms with E-state index in [4.69, 9.17) is 0 Å². The molecule has 20 heavy (non-hydrogen) atoms. The van der Waals surface area contributed by atoms with E-state index in [-0.39, 0.29) is 10.7 Å². The molecule has 1 heterocycles. The summed E-state index contributed by atoms with van der Waals surface area (Å²) in [6.07, 6.45) is 0.912. The summed E-state index contributed by atoms with van der Waals surface area (Å²) in [7, 11) is 0. The van der Waals surface area contributed by atoms with Crippen molar-refractivity contribution in [2.75, 3.05) is 17.2 Å². The van der Waals surface area contributed by atoms with Crippen molar-refractivity contribution in [3.63, 3.8) is 0 Å². The molecule has 0 saturated carbocycles. The van der Waals surface area contributed by atoms with E-state index in [1.54, 1.807) is 0 Å². The van der Waals surface area contributed by atoms with Crippen LogP contribution in [0.5, 0.6) is 0 Å². The zero-order valence-electron chi connectivity index (χ0n) is 10.6. The van der Waals surface area contributed by atoms with Gasteiger partial charge in [-0.3, -0.25) is 4.79 Å². The van der Waals surface area contributed by atoms with Gasteiger partial charge >= 0.3 is 0 Å². The molecule has 8 heteroatoms. The molecule has 106 valence electrons. The van der Waals surface area contributed by atoms with Gasteiger partial charge in [0.05, 0.1) is 5.69 Å². The van der Waals surface area contributed by atoms with Crippen LogP contribution in [0.25, 0.3) is 0 Å². The summed E-state index contributed by atoms with van der Waals surface area (Å²) in [5.41, 5.74) is -0.228. The number of hydrogen-bond donors (Lipinski definition) is 2. The molecule has 0 radical (unpaired) electrons. The first-order valence-electron chi connectivity index (χ1n) is 5.94. The molecule has 1 aromatic carbocycles. The number of nitrogens with zero attached hydrogens (tertiary/aromatic N) is 2. The zero-order valence-corrected chi connectivity index (χ0v) is 11.4. The number of amides is 1. The average molecular weight is 298 g/mol. The van der Waals surface area contributed by atoms with Crippen molar-refractivity contribution in [1.29, 1.82) is 0 Å². The lowest BCUT2D eigenvalue weighted by atomic mass is 10.3. The second-order valence-electron chi connectivity index (χ2n) is 3.92. The van der Waals surface area contributed by atoms with Gasteiger partial charge in [0, 0.05) is 12.6 Å². The first-order valence-corrected chi connectivity index (χ1v) is 6.75. The number of hydrogen-bond acceptors (Lipinski definition) is 5.